The first-order chi connectivity index (χ1) is 7.41. The van der Waals surface area contributed by atoms with Crippen molar-refractivity contribution in [2.75, 3.05) is 7.11 Å². The molecule has 4 nitrogen and oxygen atoms in total. The summed E-state index contributed by atoms with van der Waals surface area (Å²) in [5, 5.41) is 9.12. The minimum absolute atomic E-state index is 0.612. The third-order valence-corrected chi connectivity index (χ3v) is 2.82. The van der Waals surface area contributed by atoms with Crippen LogP contribution in [-0.2, 0) is 14.9 Å². The summed E-state index contributed by atoms with van der Waals surface area (Å²) >= 11 is 0. The standard InChI is InChI=1S/C12H17NO3/c1-8-9(6-5-7-13-8)12(2,3)10(16-4)11(14)15/h5-7,10H,1-4H3,(H,14,15). The Bertz CT molecular complexity index is 388. The highest BCUT2D eigenvalue weighted by Crippen LogP contribution is 2.30. The van der Waals surface area contributed by atoms with Gasteiger partial charge in [-0.2, -0.15) is 0 Å². The molecule has 0 fully saturated rings. The van der Waals surface area contributed by atoms with E-state index < -0.39 is 17.5 Å². The number of carbonyl (C=O) groups is 1. The monoisotopic (exact) mass is 223 g/mol. The topological polar surface area (TPSA) is 59.4 Å². The molecule has 16 heavy (non-hydrogen) atoms. The predicted molar refractivity (Wildman–Crippen MR) is 60.4 cm³/mol. The van der Waals surface area contributed by atoms with Crippen molar-refractivity contribution in [3.8, 4) is 0 Å². The van der Waals surface area contributed by atoms with Crippen molar-refractivity contribution in [2.45, 2.75) is 32.3 Å². The van der Waals surface area contributed by atoms with E-state index in [0.29, 0.717) is 0 Å². The van der Waals surface area contributed by atoms with Crippen molar-refractivity contribution >= 4 is 5.97 Å². The lowest BCUT2D eigenvalue weighted by molar-refractivity contribution is -0.152. The van der Waals surface area contributed by atoms with E-state index >= 15 is 0 Å². The molecule has 0 aliphatic heterocycles. The van der Waals surface area contributed by atoms with Gasteiger partial charge in [0.1, 0.15) is 0 Å². The van der Waals surface area contributed by atoms with E-state index in [1.165, 1.54) is 7.11 Å². The van der Waals surface area contributed by atoms with Crippen LogP contribution in [0.4, 0.5) is 0 Å². The summed E-state index contributed by atoms with van der Waals surface area (Å²) in [7, 11) is 1.41. The van der Waals surface area contributed by atoms with Crippen molar-refractivity contribution in [3.05, 3.63) is 29.6 Å². The number of aromatic nitrogens is 1. The SMILES string of the molecule is COC(C(=O)O)C(C)(C)c1cccnc1C. The zero-order valence-electron chi connectivity index (χ0n) is 10.0. The quantitative estimate of drug-likeness (QED) is 0.845. The minimum atomic E-state index is -0.962. The van der Waals surface area contributed by atoms with Crippen LogP contribution in [0.2, 0.25) is 0 Å². The molecule has 88 valence electrons. The molecule has 1 rings (SSSR count). The van der Waals surface area contributed by atoms with Crippen LogP contribution in [0, 0.1) is 6.92 Å². The van der Waals surface area contributed by atoms with Gasteiger partial charge in [-0.15, -0.1) is 0 Å². The van der Waals surface area contributed by atoms with Gasteiger partial charge in [-0.05, 0) is 18.6 Å². The highest BCUT2D eigenvalue weighted by atomic mass is 16.5. The lowest BCUT2D eigenvalue weighted by atomic mass is 9.78. The number of hydrogen-bond donors (Lipinski definition) is 1. The Morgan fingerprint density at radius 3 is 2.62 bits per heavy atom. The molecule has 1 atom stereocenters. The zero-order valence-corrected chi connectivity index (χ0v) is 10.0. The molecule has 0 saturated heterocycles. The second kappa shape index (κ2) is 4.61. The number of carboxylic acids is 1. The second-order valence-electron chi connectivity index (χ2n) is 4.31. The minimum Gasteiger partial charge on any atom is -0.479 e. The molecule has 1 aromatic rings. The van der Waals surface area contributed by atoms with Gasteiger partial charge in [0, 0.05) is 24.4 Å². The summed E-state index contributed by atoms with van der Waals surface area (Å²) in [5.74, 6) is -0.962. The fourth-order valence-electron chi connectivity index (χ4n) is 2.01. The highest BCUT2D eigenvalue weighted by Gasteiger charge is 2.38. The van der Waals surface area contributed by atoms with Crippen LogP contribution in [0.15, 0.2) is 18.3 Å². The van der Waals surface area contributed by atoms with E-state index in [1.807, 2.05) is 26.8 Å². The molecule has 0 amide bonds. The number of rotatable bonds is 4. The van der Waals surface area contributed by atoms with Crippen LogP contribution >= 0.6 is 0 Å². The van der Waals surface area contributed by atoms with Gasteiger partial charge in [0.05, 0.1) is 0 Å². The summed E-state index contributed by atoms with van der Waals surface area (Å²) in [6.45, 7) is 5.56. The van der Waals surface area contributed by atoms with Gasteiger partial charge in [-0.1, -0.05) is 19.9 Å². The smallest absolute Gasteiger partial charge is 0.333 e. The fraction of sp³-hybridized carbons (Fsp3) is 0.500. The Labute approximate surface area is 95.3 Å². The molecule has 1 heterocycles. The van der Waals surface area contributed by atoms with Crippen molar-refractivity contribution in [1.29, 1.82) is 0 Å². The average molecular weight is 223 g/mol. The van der Waals surface area contributed by atoms with Gasteiger partial charge in [0.25, 0.3) is 0 Å². The molecule has 0 bridgehead atoms. The first kappa shape index (κ1) is 12.6. The van der Waals surface area contributed by atoms with Gasteiger partial charge >= 0.3 is 5.97 Å². The maximum Gasteiger partial charge on any atom is 0.333 e. The highest BCUT2D eigenvalue weighted by molar-refractivity contribution is 5.74. The zero-order chi connectivity index (χ0) is 12.3. The first-order valence-corrected chi connectivity index (χ1v) is 5.09. The molecule has 0 aliphatic carbocycles. The van der Waals surface area contributed by atoms with Crippen LogP contribution in [0.1, 0.15) is 25.1 Å². The largest absolute Gasteiger partial charge is 0.479 e. The number of ether oxygens (including phenoxy) is 1. The Morgan fingerprint density at radius 2 is 2.19 bits per heavy atom. The van der Waals surface area contributed by atoms with E-state index in [9.17, 15) is 4.79 Å². The third kappa shape index (κ3) is 2.22. The van der Waals surface area contributed by atoms with Gasteiger partial charge in [-0.3, -0.25) is 4.98 Å². The van der Waals surface area contributed by atoms with Crippen LogP contribution in [-0.4, -0.2) is 29.3 Å². The number of hydrogen-bond acceptors (Lipinski definition) is 3. The normalized spacial score (nSPS) is 13.5. The summed E-state index contributed by atoms with van der Waals surface area (Å²) in [4.78, 5) is 15.3. The lowest BCUT2D eigenvalue weighted by Gasteiger charge is -2.31. The van der Waals surface area contributed by atoms with Crippen molar-refractivity contribution in [1.82, 2.24) is 4.98 Å². The molecule has 0 aromatic carbocycles. The molecule has 1 unspecified atom stereocenters. The van der Waals surface area contributed by atoms with E-state index in [1.54, 1.807) is 12.3 Å². The van der Waals surface area contributed by atoms with Gasteiger partial charge in [0.2, 0.25) is 0 Å². The number of methoxy groups -OCH3 is 1. The predicted octanol–water partition coefficient (Wildman–Crippen LogP) is 1.77. The number of nitrogens with zero attached hydrogens (tertiary/aromatic N) is 1. The number of pyridine rings is 1. The van der Waals surface area contributed by atoms with Crippen LogP contribution in [0.25, 0.3) is 0 Å². The summed E-state index contributed by atoms with van der Waals surface area (Å²) in [6, 6.07) is 3.69. The van der Waals surface area contributed by atoms with E-state index in [-0.39, 0.29) is 0 Å². The Morgan fingerprint density at radius 1 is 1.56 bits per heavy atom. The van der Waals surface area contributed by atoms with Gasteiger partial charge < -0.3 is 9.84 Å². The molecule has 0 spiro atoms. The van der Waals surface area contributed by atoms with E-state index in [0.717, 1.165) is 11.3 Å². The van der Waals surface area contributed by atoms with Crippen LogP contribution in [0.5, 0.6) is 0 Å². The maximum atomic E-state index is 11.1. The molecule has 0 aliphatic rings. The Balaban J connectivity index is 3.19. The molecular weight excluding hydrogens is 206 g/mol. The number of aryl methyl sites for hydroxylation is 1. The molecule has 0 radical (unpaired) electrons. The Kier molecular flexibility index (Phi) is 3.65. The van der Waals surface area contributed by atoms with Gasteiger partial charge in [-0.25, -0.2) is 4.79 Å². The van der Waals surface area contributed by atoms with Crippen molar-refractivity contribution in [3.63, 3.8) is 0 Å². The van der Waals surface area contributed by atoms with Crippen LogP contribution in [0.3, 0.4) is 0 Å². The molecule has 1 N–H and O–H groups in total. The maximum absolute atomic E-state index is 11.1. The van der Waals surface area contributed by atoms with Crippen LogP contribution < -0.4 is 0 Å². The van der Waals surface area contributed by atoms with Gasteiger partial charge in [0.15, 0.2) is 6.10 Å². The number of aliphatic carboxylic acids is 1. The first-order valence-electron chi connectivity index (χ1n) is 5.09. The lowest BCUT2D eigenvalue weighted by Crippen LogP contribution is -2.42. The van der Waals surface area contributed by atoms with E-state index in [2.05, 4.69) is 4.98 Å². The molecule has 4 heteroatoms. The summed E-state index contributed by atoms with van der Waals surface area (Å²) < 4.78 is 5.06. The third-order valence-electron chi connectivity index (χ3n) is 2.82. The number of carboxylic acid groups (broad SMARTS) is 1. The second-order valence-corrected chi connectivity index (χ2v) is 4.31. The fourth-order valence-corrected chi connectivity index (χ4v) is 2.01. The van der Waals surface area contributed by atoms with E-state index in [4.69, 9.17) is 9.84 Å². The van der Waals surface area contributed by atoms with Crippen molar-refractivity contribution in [2.24, 2.45) is 0 Å². The summed E-state index contributed by atoms with van der Waals surface area (Å²) in [5.41, 5.74) is 1.11. The molecular formula is C12H17NO3. The molecule has 0 saturated carbocycles. The molecule has 1 aromatic heterocycles. The van der Waals surface area contributed by atoms with Crippen molar-refractivity contribution < 1.29 is 14.6 Å². The summed E-state index contributed by atoms with van der Waals surface area (Å²) in [6.07, 6.45) is 0.813. The Hall–Kier alpha value is -1.42. The average Bonchev–Trinajstić information content (AvgIpc) is 2.17.